The smallest absolute Gasteiger partial charge is 0.332 e. The molecular formula is C22H22N2O4. The maximum atomic E-state index is 12.8. The fourth-order valence-electron chi connectivity index (χ4n) is 3.94. The second-order valence-corrected chi connectivity index (χ2v) is 7.06. The van der Waals surface area contributed by atoms with E-state index in [1.807, 2.05) is 54.7 Å². The normalized spacial score (nSPS) is 18.8. The Balaban J connectivity index is 1.66. The Morgan fingerprint density at radius 3 is 2.57 bits per heavy atom. The lowest BCUT2D eigenvalue weighted by molar-refractivity contribution is -0.179. The first-order valence-corrected chi connectivity index (χ1v) is 9.14. The lowest BCUT2D eigenvalue weighted by Gasteiger charge is -2.49. The lowest BCUT2D eigenvalue weighted by atomic mass is 9.78. The quantitative estimate of drug-likeness (QED) is 0.529. The summed E-state index contributed by atoms with van der Waals surface area (Å²) in [7, 11) is 2.98. The molecule has 0 radical (unpaired) electrons. The van der Waals surface area contributed by atoms with Crippen molar-refractivity contribution in [2.24, 2.45) is 0 Å². The molecular weight excluding hydrogens is 356 g/mol. The second-order valence-electron chi connectivity index (χ2n) is 7.06. The molecule has 0 aliphatic carbocycles. The molecule has 144 valence electrons. The zero-order valence-electron chi connectivity index (χ0n) is 15.9. The number of ether oxygens (including phenoxy) is 2. The van der Waals surface area contributed by atoms with Crippen molar-refractivity contribution in [3.63, 3.8) is 0 Å². The van der Waals surface area contributed by atoms with E-state index in [1.54, 1.807) is 12.0 Å². The summed E-state index contributed by atoms with van der Waals surface area (Å²) in [5.74, 6) is 0.309. The Bertz CT molecular complexity index is 1020. The van der Waals surface area contributed by atoms with Gasteiger partial charge in [0.2, 0.25) is 5.91 Å². The van der Waals surface area contributed by atoms with Gasteiger partial charge in [-0.3, -0.25) is 4.79 Å². The molecule has 0 bridgehead atoms. The number of carbonyl (C=O) groups is 2. The predicted octanol–water partition coefficient (Wildman–Crippen LogP) is 3.06. The van der Waals surface area contributed by atoms with Gasteiger partial charge in [-0.25, -0.2) is 4.79 Å². The molecule has 1 aliphatic heterocycles. The zero-order valence-corrected chi connectivity index (χ0v) is 15.9. The largest absolute Gasteiger partial charge is 0.497 e. The van der Waals surface area contributed by atoms with Crippen LogP contribution in [0.1, 0.15) is 17.5 Å². The molecule has 2 heterocycles. The van der Waals surface area contributed by atoms with Crippen molar-refractivity contribution >= 4 is 22.8 Å². The molecule has 1 aromatic heterocycles. The van der Waals surface area contributed by atoms with Gasteiger partial charge in [-0.05, 0) is 29.3 Å². The average Bonchev–Trinajstić information content (AvgIpc) is 3.14. The Morgan fingerprint density at radius 2 is 1.89 bits per heavy atom. The number of methoxy groups -OCH3 is 2. The summed E-state index contributed by atoms with van der Waals surface area (Å²) in [5, 5.41) is 1.05. The van der Waals surface area contributed by atoms with Gasteiger partial charge < -0.3 is 19.4 Å². The summed E-state index contributed by atoms with van der Waals surface area (Å²) in [6.45, 7) is 0.348. The molecule has 1 fully saturated rings. The van der Waals surface area contributed by atoms with Crippen molar-refractivity contribution in [2.75, 3.05) is 14.2 Å². The van der Waals surface area contributed by atoms with Crippen LogP contribution in [-0.2, 0) is 27.3 Å². The van der Waals surface area contributed by atoms with E-state index >= 15 is 0 Å². The van der Waals surface area contributed by atoms with Crippen LogP contribution in [0.25, 0.3) is 10.9 Å². The standard InChI is InChI=1S/C22H22N2O4/c1-27-17-9-7-15(8-10-17)14-24-20(25)12-22(24,21(26)28-2)11-16-13-23-19-6-4-3-5-18(16)19/h3-10,13,23H,11-12,14H2,1-2H3. The molecule has 1 saturated heterocycles. The van der Waals surface area contributed by atoms with Crippen LogP contribution in [0.2, 0.25) is 0 Å². The fraction of sp³-hybridized carbons (Fsp3) is 0.273. The van der Waals surface area contributed by atoms with Gasteiger partial charge in [-0.15, -0.1) is 0 Å². The van der Waals surface area contributed by atoms with E-state index in [2.05, 4.69) is 4.98 Å². The number of esters is 1. The summed E-state index contributed by atoms with van der Waals surface area (Å²) >= 11 is 0. The van der Waals surface area contributed by atoms with Gasteiger partial charge in [-0.1, -0.05) is 30.3 Å². The summed E-state index contributed by atoms with van der Waals surface area (Å²) in [6, 6.07) is 15.4. The minimum absolute atomic E-state index is 0.0546. The van der Waals surface area contributed by atoms with Crippen LogP contribution in [0.3, 0.4) is 0 Å². The van der Waals surface area contributed by atoms with Gasteiger partial charge in [0, 0.05) is 30.1 Å². The van der Waals surface area contributed by atoms with Gasteiger partial charge in [0.25, 0.3) is 0 Å². The van der Waals surface area contributed by atoms with E-state index in [9.17, 15) is 9.59 Å². The first-order chi connectivity index (χ1) is 13.6. The number of rotatable bonds is 6. The van der Waals surface area contributed by atoms with Crippen molar-refractivity contribution < 1.29 is 19.1 Å². The van der Waals surface area contributed by atoms with E-state index in [1.165, 1.54) is 7.11 Å². The number of amides is 1. The third kappa shape index (κ3) is 2.91. The van der Waals surface area contributed by atoms with E-state index < -0.39 is 5.54 Å². The number of hydrogen-bond acceptors (Lipinski definition) is 4. The molecule has 0 spiro atoms. The number of nitrogens with zero attached hydrogens (tertiary/aromatic N) is 1. The van der Waals surface area contributed by atoms with E-state index in [-0.39, 0.29) is 18.3 Å². The molecule has 1 unspecified atom stereocenters. The van der Waals surface area contributed by atoms with Crippen molar-refractivity contribution in [2.45, 2.75) is 24.9 Å². The van der Waals surface area contributed by atoms with E-state index in [4.69, 9.17) is 9.47 Å². The van der Waals surface area contributed by atoms with E-state index in [0.29, 0.717) is 13.0 Å². The Kier molecular flexibility index (Phi) is 4.55. The van der Waals surface area contributed by atoms with Crippen LogP contribution in [0.15, 0.2) is 54.7 Å². The first-order valence-electron chi connectivity index (χ1n) is 9.14. The Hall–Kier alpha value is -3.28. The first kappa shape index (κ1) is 18.1. The van der Waals surface area contributed by atoms with Crippen molar-refractivity contribution in [3.8, 4) is 5.75 Å². The third-order valence-electron chi connectivity index (χ3n) is 5.48. The van der Waals surface area contributed by atoms with Crippen LogP contribution in [0, 0.1) is 0 Å². The van der Waals surface area contributed by atoms with Gasteiger partial charge >= 0.3 is 5.97 Å². The third-order valence-corrected chi connectivity index (χ3v) is 5.48. The van der Waals surface area contributed by atoms with Gasteiger partial charge in [0.05, 0.1) is 20.6 Å². The molecule has 6 heteroatoms. The molecule has 1 amide bonds. The molecule has 0 saturated carbocycles. The highest BCUT2D eigenvalue weighted by atomic mass is 16.5. The number of hydrogen-bond donors (Lipinski definition) is 1. The molecule has 1 N–H and O–H groups in total. The molecule has 1 aliphatic rings. The van der Waals surface area contributed by atoms with E-state index in [0.717, 1.165) is 27.8 Å². The minimum atomic E-state index is -0.989. The molecule has 28 heavy (non-hydrogen) atoms. The molecule has 1 atom stereocenters. The number of para-hydroxylation sites is 1. The number of likely N-dealkylation sites (tertiary alicyclic amines) is 1. The van der Waals surface area contributed by atoms with Gasteiger partial charge in [0.15, 0.2) is 5.54 Å². The number of fused-ring (bicyclic) bond motifs is 1. The Morgan fingerprint density at radius 1 is 1.14 bits per heavy atom. The molecule has 3 aromatic rings. The lowest BCUT2D eigenvalue weighted by Crippen LogP contribution is -2.68. The minimum Gasteiger partial charge on any atom is -0.497 e. The number of H-pyrrole nitrogens is 1. The number of nitrogens with one attached hydrogen (secondary N) is 1. The maximum absolute atomic E-state index is 12.8. The number of β-lactam (4-membered cyclic amide) rings is 1. The molecule has 4 rings (SSSR count). The van der Waals surface area contributed by atoms with Crippen LogP contribution >= 0.6 is 0 Å². The van der Waals surface area contributed by atoms with Crippen molar-refractivity contribution in [3.05, 3.63) is 65.9 Å². The average molecular weight is 378 g/mol. The highest BCUT2D eigenvalue weighted by Gasteiger charge is 2.57. The molecule has 2 aromatic carbocycles. The number of carbonyl (C=O) groups excluding carboxylic acids is 2. The number of benzene rings is 2. The van der Waals surface area contributed by atoms with Gasteiger partial charge in [0.1, 0.15) is 5.75 Å². The monoisotopic (exact) mass is 378 g/mol. The van der Waals surface area contributed by atoms with Crippen LogP contribution in [0.5, 0.6) is 5.75 Å². The van der Waals surface area contributed by atoms with Crippen molar-refractivity contribution in [1.82, 2.24) is 9.88 Å². The summed E-state index contributed by atoms with van der Waals surface area (Å²) in [5.41, 5.74) is 1.94. The van der Waals surface area contributed by atoms with Crippen LogP contribution < -0.4 is 4.74 Å². The topological polar surface area (TPSA) is 71.6 Å². The Labute approximate surface area is 163 Å². The zero-order chi connectivity index (χ0) is 19.7. The second kappa shape index (κ2) is 7.03. The maximum Gasteiger partial charge on any atom is 0.332 e. The predicted molar refractivity (Wildman–Crippen MR) is 105 cm³/mol. The highest BCUT2D eigenvalue weighted by molar-refractivity contribution is 6.00. The van der Waals surface area contributed by atoms with Crippen LogP contribution in [-0.4, -0.2) is 41.5 Å². The molecule has 6 nitrogen and oxygen atoms in total. The van der Waals surface area contributed by atoms with Gasteiger partial charge in [-0.2, -0.15) is 0 Å². The summed E-state index contributed by atoms with van der Waals surface area (Å²) < 4.78 is 10.3. The SMILES string of the molecule is COC(=O)C1(Cc2c[nH]c3ccccc23)CC(=O)N1Cc1ccc(OC)cc1. The number of aromatic amines is 1. The number of aromatic nitrogens is 1. The summed E-state index contributed by atoms with van der Waals surface area (Å²) in [4.78, 5) is 30.1. The van der Waals surface area contributed by atoms with Crippen LogP contribution in [0.4, 0.5) is 0 Å². The summed E-state index contributed by atoms with van der Waals surface area (Å²) in [6.07, 6.45) is 2.46. The highest BCUT2D eigenvalue weighted by Crippen LogP contribution is 2.39. The van der Waals surface area contributed by atoms with Crippen molar-refractivity contribution in [1.29, 1.82) is 0 Å². The fourth-order valence-corrected chi connectivity index (χ4v) is 3.94.